The highest BCUT2D eigenvalue weighted by atomic mass is 32.2. The predicted octanol–water partition coefficient (Wildman–Crippen LogP) is 1.33. The number of ether oxygens (including phenoxy) is 1. The maximum Gasteiger partial charge on any atom is 0.150 e. The van der Waals surface area contributed by atoms with Gasteiger partial charge in [-0.15, -0.1) is 0 Å². The molecule has 0 aliphatic carbocycles. The monoisotopic (exact) mass is 295 g/mol. The molecule has 2 aliphatic heterocycles. The fourth-order valence-corrected chi connectivity index (χ4v) is 4.40. The first-order valence-electron chi connectivity index (χ1n) is 7.31. The molecule has 0 bridgehead atoms. The van der Waals surface area contributed by atoms with Gasteiger partial charge in [0.15, 0.2) is 0 Å². The van der Waals surface area contributed by atoms with E-state index in [-0.39, 0.29) is 0 Å². The van der Waals surface area contributed by atoms with Crippen LogP contribution >= 0.6 is 0 Å². The van der Waals surface area contributed by atoms with Crippen LogP contribution in [0.1, 0.15) is 24.0 Å². The van der Waals surface area contributed by atoms with E-state index in [4.69, 9.17) is 4.74 Å². The van der Waals surface area contributed by atoms with E-state index in [0.29, 0.717) is 17.5 Å². The second kappa shape index (κ2) is 5.74. The molecule has 20 heavy (non-hydrogen) atoms. The first-order chi connectivity index (χ1) is 9.62. The summed E-state index contributed by atoms with van der Waals surface area (Å²) in [5.41, 5.74) is 2.64. The van der Waals surface area contributed by atoms with E-state index in [0.717, 1.165) is 44.6 Å². The first kappa shape index (κ1) is 13.9. The molecule has 0 spiro atoms. The molecule has 0 amide bonds. The van der Waals surface area contributed by atoms with Crippen molar-refractivity contribution in [2.24, 2.45) is 0 Å². The van der Waals surface area contributed by atoms with Crippen molar-refractivity contribution in [3.63, 3.8) is 0 Å². The normalized spacial score (nSPS) is 21.4. The number of hydrogen-bond acceptors (Lipinski definition) is 4. The van der Waals surface area contributed by atoms with Gasteiger partial charge in [0, 0.05) is 12.5 Å². The molecule has 4 nitrogen and oxygen atoms in total. The Labute approximate surface area is 120 Å². The average Bonchev–Trinajstić information content (AvgIpc) is 2.88. The van der Waals surface area contributed by atoms with E-state index in [1.807, 2.05) is 0 Å². The third kappa shape index (κ3) is 3.33. The lowest BCUT2D eigenvalue weighted by Gasteiger charge is -2.23. The summed E-state index contributed by atoms with van der Waals surface area (Å²) in [6.07, 6.45) is 3.49. The van der Waals surface area contributed by atoms with Gasteiger partial charge in [0.05, 0.1) is 18.1 Å². The van der Waals surface area contributed by atoms with Crippen LogP contribution in [0.15, 0.2) is 18.2 Å². The van der Waals surface area contributed by atoms with Crippen LogP contribution in [0.2, 0.25) is 0 Å². The second-order valence-corrected chi connectivity index (χ2v) is 7.97. The summed E-state index contributed by atoms with van der Waals surface area (Å²) in [5, 5.41) is 3.48. The molecular weight excluding hydrogens is 274 g/mol. The number of nitrogens with one attached hydrogen (secondary N) is 1. The van der Waals surface area contributed by atoms with Crippen molar-refractivity contribution >= 4 is 9.84 Å². The van der Waals surface area contributed by atoms with Gasteiger partial charge in [-0.3, -0.25) is 0 Å². The first-order valence-corrected chi connectivity index (χ1v) is 9.13. The van der Waals surface area contributed by atoms with Crippen molar-refractivity contribution in [2.45, 2.75) is 31.7 Å². The molecule has 1 saturated heterocycles. The van der Waals surface area contributed by atoms with Gasteiger partial charge in [0.25, 0.3) is 0 Å². The predicted molar refractivity (Wildman–Crippen MR) is 79.0 cm³/mol. The minimum absolute atomic E-state index is 0.334. The molecule has 3 rings (SSSR count). The molecule has 2 heterocycles. The number of sulfone groups is 1. The molecule has 0 unspecified atom stereocenters. The molecule has 2 aliphatic rings. The van der Waals surface area contributed by atoms with Crippen molar-refractivity contribution in [3.05, 3.63) is 29.3 Å². The van der Waals surface area contributed by atoms with Crippen molar-refractivity contribution in [3.8, 4) is 5.75 Å². The quantitative estimate of drug-likeness (QED) is 0.910. The Hall–Kier alpha value is -1.07. The molecule has 1 fully saturated rings. The molecule has 110 valence electrons. The lowest BCUT2D eigenvalue weighted by Crippen LogP contribution is -2.38. The average molecular weight is 295 g/mol. The summed E-state index contributed by atoms with van der Waals surface area (Å²) in [5.74, 6) is 1.70. The van der Waals surface area contributed by atoms with Crippen LogP contribution in [0.5, 0.6) is 5.75 Å². The summed E-state index contributed by atoms with van der Waals surface area (Å²) in [6.45, 7) is 1.71. The fourth-order valence-electron chi connectivity index (χ4n) is 2.91. The Kier molecular flexibility index (Phi) is 3.98. The molecule has 1 N–H and O–H groups in total. The zero-order chi connectivity index (χ0) is 14.0. The Morgan fingerprint density at radius 3 is 2.85 bits per heavy atom. The summed E-state index contributed by atoms with van der Waals surface area (Å²) in [4.78, 5) is 0. The number of rotatable bonds is 4. The van der Waals surface area contributed by atoms with Crippen molar-refractivity contribution in [1.82, 2.24) is 5.32 Å². The topological polar surface area (TPSA) is 55.4 Å². The highest BCUT2D eigenvalue weighted by molar-refractivity contribution is 7.91. The number of hydrogen-bond donors (Lipinski definition) is 1. The van der Waals surface area contributed by atoms with Gasteiger partial charge in [0.2, 0.25) is 0 Å². The fraction of sp³-hybridized carbons (Fsp3) is 0.600. The maximum atomic E-state index is 11.4. The lowest BCUT2D eigenvalue weighted by molar-refractivity contribution is 0.357. The van der Waals surface area contributed by atoms with Gasteiger partial charge in [-0.05, 0) is 43.0 Å². The van der Waals surface area contributed by atoms with E-state index in [2.05, 4.69) is 23.5 Å². The van der Waals surface area contributed by atoms with Crippen molar-refractivity contribution in [1.29, 1.82) is 0 Å². The zero-order valence-corrected chi connectivity index (χ0v) is 12.4. The molecular formula is C15H21NO3S. The van der Waals surface area contributed by atoms with Gasteiger partial charge >= 0.3 is 0 Å². The second-order valence-electron chi connectivity index (χ2n) is 5.67. The van der Waals surface area contributed by atoms with E-state index < -0.39 is 9.84 Å². The van der Waals surface area contributed by atoms with Crippen LogP contribution in [-0.4, -0.2) is 39.1 Å². The molecule has 0 aromatic heterocycles. The minimum Gasteiger partial charge on any atom is -0.493 e. The lowest BCUT2D eigenvalue weighted by atomic mass is 10.1. The summed E-state index contributed by atoms with van der Waals surface area (Å²) >= 11 is 0. The van der Waals surface area contributed by atoms with E-state index >= 15 is 0 Å². The summed E-state index contributed by atoms with van der Waals surface area (Å²) in [6, 6.07) is 6.77. The molecule has 5 heteroatoms. The Bertz CT molecular complexity index is 569. The number of benzene rings is 1. The van der Waals surface area contributed by atoms with Gasteiger partial charge in [-0.25, -0.2) is 8.42 Å². The smallest absolute Gasteiger partial charge is 0.150 e. The third-order valence-corrected chi connectivity index (χ3v) is 5.87. The van der Waals surface area contributed by atoms with Gasteiger partial charge in [0.1, 0.15) is 15.6 Å². The molecule has 0 saturated carbocycles. The van der Waals surface area contributed by atoms with Gasteiger partial charge in [-0.1, -0.05) is 12.1 Å². The Morgan fingerprint density at radius 2 is 2.05 bits per heavy atom. The van der Waals surface area contributed by atoms with Crippen molar-refractivity contribution in [2.75, 3.05) is 24.7 Å². The SMILES string of the molecule is O=S1(=O)CCC(NCCc2ccc3c(c2)CCO3)CC1. The molecule has 0 radical (unpaired) electrons. The standard InChI is InChI=1S/C15H21NO3S/c17-20(18)9-5-14(6-10-20)16-7-3-12-1-2-15-13(11-12)4-8-19-15/h1-2,11,14,16H,3-10H2. The summed E-state index contributed by atoms with van der Waals surface area (Å²) in [7, 11) is -2.75. The Balaban J connectivity index is 1.46. The Morgan fingerprint density at radius 1 is 1.25 bits per heavy atom. The van der Waals surface area contributed by atoms with E-state index in [1.54, 1.807) is 0 Å². The van der Waals surface area contributed by atoms with E-state index in [9.17, 15) is 8.42 Å². The highest BCUT2D eigenvalue weighted by Gasteiger charge is 2.22. The molecule has 1 aromatic rings. The zero-order valence-electron chi connectivity index (χ0n) is 11.6. The molecule has 0 atom stereocenters. The van der Waals surface area contributed by atoms with Crippen LogP contribution in [0, 0.1) is 0 Å². The third-order valence-electron chi connectivity index (χ3n) is 4.16. The van der Waals surface area contributed by atoms with Crippen LogP contribution in [0.25, 0.3) is 0 Å². The number of fused-ring (bicyclic) bond motifs is 1. The van der Waals surface area contributed by atoms with Crippen LogP contribution in [0.3, 0.4) is 0 Å². The van der Waals surface area contributed by atoms with Crippen LogP contribution in [0.4, 0.5) is 0 Å². The van der Waals surface area contributed by atoms with E-state index in [1.165, 1.54) is 11.1 Å². The van der Waals surface area contributed by atoms with Gasteiger partial charge < -0.3 is 10.1 Å². The van der Waals surface area contributed by atoms with Crippen LogP contribution < -0.4 is 10.1 Å². The highest BCUT2D eigenvalue weighted by Crippen LogP contribution is 2.25. The minimum atomic E-state index is -2.75. The van der Waals surface area contributed by atoms with Gasteiger partial charge in [-0.2, -0.15) is 0 Å². The summed E-state index contributed by atoms with van der Waals surface area (Å²) < 4.78 is 28.2. The largest absolute Gasteiger partial charge is 0.493 e. The van der Waals surface area contributed by atoms with Crippen molar-refractivity contribution < 1.29 is 13.2 Å². The molecule has 1 aromatic carbocycles. The maximum absolute atomic E-state index is 11.4. The van der Waals surface area contributed by atoms with Crippen LogP contribution in [-0.2, 0) is 22.7 Å².